The Labute approximate surface area is 67.7 Å². The van der Waals surface area contributed by atoms with Gasteiger partial charge < -0.3 is 5.32 Å². The van der Waals surface area contributed by atoms with Gasteiger partial charge >= 0.3 is 0 Å². The first-order chi connectivity index (χ1) is 5.27. The van der Waals surface area contributed by atoms with Gasteiger partial charge in [-0.05, 0) is 25.0 Å². The van der Waals surface area contributed by atoms with Crippen LogP contribution in [0.25, 0.3) is 0 Å². The standard InChI is InChI=1S/C9H14N2/c1-4-8-5-9(10-3)6-11-7(8)2/h5-6,10H,4H2,1-3H3. The van der Waals surface area contributed by atoms with Crippen LogP contribution in [0.5, 0.6) is 0 Å². The summed E-state index contributed by atoms with van der Waals surface area (Å²) >= 11 is 0. The van der Waals surface area contributed by atoms with Crippen molar-refractivity contribution in [3.8, 4) is 0 Å². The first kappa shape index (κ1) is 8.05. The molecule has 2 heteroatoms. The molecule has 1 N–H and O–H groups in total. The Hall–Kier alpha value is -1.05. The number of anilines is 1. The molecule has 0 saturated carbocycles. The molecule has 1 rings (SSSR count). The molecule has 0 fully saturated rings. The smallest absolute Gasteiger partial charge is 0.0527 e. The topological polar surface area (TPSA) is 24.9 Å². The molecule has 0 aliphatic heterocycles. The third-order valence-corrected chi connectivity index (χ3v) is 1.86. The van der Waals surface area contributed by atoms with Crippen LogP contribution in [0.15, 0.2) is 12.3 Å². The second kappa shape index (κ2) is 3.37. The van der Waals surface area contributed by atoms with Gasteiger partial charge in [-0.25, -0.2) is 0 Å². The van der Waals surface area contributed by atoms with Crippen molar-refractivity contribution >= 4 is 5.69 Å². The van der Waals surface area contributed by atoms with E-state index in [1.807, 2.05) is 20.2 Å². The van der Waals surface area contributed by atoms with E-state index in [0.717, 1.165) is 17.8 Å². The zero-order chi connectivity index (χ0) is 8.27. The van der Waals surface area contributed by atoms with Crippen LogP contribution in [-0.2, 0) is 6.42 Å². The molecule has 0 amide bonds. The molecule has 0 radical (unpaired) electrons. The first-order valence-electron chi connectivity index (χ1n) is 3.91. The van der Waals surface area contributed by atoms with Crippen molar-refractivity contribution in [2.45, 2.75) is 20.3 Å². The molecule has 11 heavy (non-hydrogen) atoms. The predicted molar refractivity (Wildman–Crippen MR) is 47.9 cm³/mol. The maximum absolute atomic E-state index is 4.26. The second-order valence-corrected chi connectivity index (χ2v) is 2.57. The van der Waals surface area contributed by atoms with Crippen molar-refractivity contribution in [1.29, 1.82) is 0 Å². The fourth-order valence-corrected chi connectivity index (χ4v) is 1.07. The summed E-state index contributed by atoms with van der Waals surface area (Å²) in [4.78, 5) is 4.26. The third-order valence-electron chi connectivity index (χ3n) is 1.86. The molecule has 0 aliphatic carbocycles. The van der Waals surface area contributed by atoms with Crippen LogP contribution < -0.4 is 5.32 Å². The van der Waals surface area contributed by atoms with Crippen LogP contribution >= 0.6 is 0 Å². The minimum absolute atomic E-state index is 1.05. The fraction of sp³-hybridized carbons (Fsp3) is 0.444. The van der Waals surface area contributed by atoms with Gasteiger partial charge in [0.15, 0.2) is 0 Å². The van der Waals surface area contributed by atoms with E-state index in [4.69, 9.17) is 0 Å². The lowest BCUT2D eigenvalue weighted by Gasteiger charge is -2.04. The van der Waals surface area contributed by atoms with Crippen molar-refractivity contribution < 1.29 is 0 Å². The summed E-state index contributed by atoms with van der Waals surface area (Å²) in [5, 5.41) is 3.07. The number of nitrogens with zero attached hydrogens (tertiary/aromatic N) is 1. The van der Waals surface area contributed by atoms with E-state index < -0.39 is 0 Å². The fourth-order valence-electron chi connectivity index (χ4n) is 1.07. The van der Waals surface area contributed by atoms with Gasteiger partial charge in [-0.1, -0.05) is 6.92 Å². The second-order valence-electron chi connectivity index (χ2n) is 2.57. The van der Waals surface area contributed by atoms with Gasteiger partial charge in [0, 0.05) is 12.7 Å². The lowest BCUT2D eigenvalue weighted by atomic mass is 10.1. The molecular formula is C9H14N2. The molecule has 0 aromatic carbocycles. The van der Waals surface area contributed by atoms with Crippen molar-refractivity contribution in [2.24, 2.45) is 0 Å². The number of rotatable bonds is 2. The van der Waals surface area contributed by atoms with E-state index in [1.165, 1.54) is 5.56 Å². The molecule has 0 aliphatic rings. The minimum Gasteiger partial charge on any atom is -0.387 e. The Morgan fingerprint density at radius 2 is 2.27 bits per heavy atom. The summed E-state index contributed by atoms with van der Waals surface area (Å²) in [5.74, 6) is 0. The maximum Gasteiger partial charge on any atom is 0.0527 e. The van der Waals surface area contributed by atoms with Gasteiger partial charge in [-0.3, -0.25) is 4.98 Å². The van der Waals surface area contributed by atoms with Crippen molar-refractivity contribution in [1.82, 2.24) is 4.98 Å². The van der Waals surface area contributed by atoms with Crippen LogP contribution in [0, 0.1) is 6.92 Å². The molecule has 0 saturated heterocycles. The Morgan fingerprint density at radius 3 is 2.82 bits per heavy atom. The van der Waals surface area contributed by atoms with Crippen molar-refractivity contribution in [3.63, 3.8) is 0 Å². The highest BCUT2D eigenvalue weighted by molar-refractivity contribution is 5.43. The van der Waals surface area contributed by atoms with Gasteiger partial charge in [-0.2, -0.15) is 0 Å². The molecule has 0 bridgehead atoms. The summed E-state index contributed by atoms with van der Waals surface area (Å²) < 4.78 is 0. The molecular weight excluding hydrogens is 136 g/mol. The average molecular weight is 150 g/mol. The number of hydrogen-bond acceptors (Lipinski definition) is 2. The highest BCUT2D eigenvalue weighted by Crippen LogP contribution is 2.11. The van der Waals surface area contributed by atoms with Gasteiger partial charge in [-0.15, -0.1) is 0 Å². The number of pyridine rings is 1. The van der Waals surface area contributed by atoms with Crippen molar-refractivity contribution in [3.05, 3.63) is 23.5 Å². The molecule has 2 nitrogen and oxygen atoms in total. The zero-order valence-electron chi connectivity index (χ0n) is 7.31. The lowest BCUT2D eigenvalue weighted by molar-refractivity contribution is 1.05. The molecule has 1 heterocycles. The predicted octanol–water partition coefficient (Wildman–Crippen LogP) is 1.99. The quantitative estimate of drug-likeness (QED) is 0.697. The van der Waals surface area contributed by atoms with Crippen LogP contribution in [-0.4, -0.2) is 12.0 Å². The number of aromatic nitrogens is 1. The number of aryl methyl sites for hydroxylation is 2. The number of nitrogens with one attached hydrogen (secondary N) is 1. The monoisotopic (exact) mass is 150 g/mol. The summed E-state index contributed by atoms with van der Waals surface area (Å²) in [6, 6.07) is 2.14. The van der Waals surface area contributed by atoms with Crippen LogP contribution in [0.2, 0.25) is 0 Å². The molecule has 0 spiro atoms. The Morgan fingerprint density at radius 1 is 1.55 bits per heavy atom. The van der Waals surface area contributed by atoms with E-state index in [1.54, 1.807) is 0 Å². The summed E-state index contributed by atoms with van der Waals surface area (Å²) in [5.41, 5.74) is 3.54. The number of hydrogen-bond donors (Lipinski definition) is 1. The Kier molecular flexibility index (Phi) is 2.47. The van der Waals surface area contributed by atoms with E-state index in [0.29, 0.717) is 0 Å². The van der Waals surface area contributed by atoms with E-state index in [-0.39, 0.29) is 0 Å². The van der Waals surface area contributed by atoms with Crippen LogP contribution in [0.3, 0.4) is 0 Å². The normalized spacial score (nSPS) is 9.73. The molecule has 1 aromatic heterocycles. The maximum atomic E-state index is 4.26. The molecule has 60 valence electrons. The highest BCUT2D eigenvalue weighted by Gasteiger charge is 1.97. The summed E-state index contributed by atoms with van der Waals surface area (Å²) in [6.45, 7) is 4.18. The molecule has 0 atom stereocenters. The van der Waals surface area contributed by atoms with Gasteiger partial charge in [0.25, 0.3) is 0 Å². The Bertz CT molecular complexity index is 243. The zero-order valence-corrected chi connectivity index (χ0v) is 7.31. The lowest BCUT2D eigenvalue weighted by Crippen LogP contribution is -1.95. The highest BCUT2D eigenvalue weighted by atomic mass is 14.8. The third kappa shape index (κ3) is 1.70. The van der Waals surface area contributed by atoms with Crippen LogP contribution in [0.4, 0.5) is 5.69 Å². The van der Waals surface area contributed by atoms with Crippen LogP contribution in [0.1, 0.15) is 18.2 Å². The molecule has 1 aromatic rings. The Balaban J connectivity index is 3.02. The van der Waals surface area contributed by atoms with Gasteiger partial charge in [0.05, 0.1) is 11.9 Å². The van der Waals surface area contributed by atoms with E-state index in [9.17, 15) is 0 Å². The molecule has 0 unspecified atom stereocenters. The van der Waals surface area contributed by atoms with E-state index >= 15 is 0 Å². The van der Waals surface area contributed by atoms with Gasteiger partial charge in [0.2, 0.25) is 0 Å². The first-order valence-corrected chi connectivity index (χ1v) is 3.91. The largest absolute Gasteiger partial charge is 0.387 e. The van der Waals surface area contributed by atoms with Gasteiger partial charge in [0.1, 0.15) is 0 Å². The average Bonchev–Trinajstić information content (AvgIpc) is 2.05. The minimum atomic E-state index is 1.05. The summed E-state index contributed by atoms with van der Waals surface area (Å²) in [7, 11) is 1.91. The van der Waals surface area contributed by atoms with E-state index in [2.05, 4.69) is 23.3 Å². The van der Waals surface area contributed by atoms with Crippen molar-refractivity contribution in [2.75, 3.05) is 12.4 Å². The summed E-state index contributed by atoms with van der Waals surface area (Å²) in [6.07, 6.45) is 2.91. The SMILES string of the molecule is CCc1cc(NC)cnc1C.